The van der Waals surface area contributed by atoms with Gasteiger partial charge in [0.15, 0.2) is 0 Å². The number of aromatic hydroxyl groups is 1. The molecular formula is C15H13N3O3. The van der Waals surface area contributed by atoms with Crippen molar-refractivity contribution in [2.24, 2.45) is 10.2 Å². The predicted molar refractivity (Wildman–Crippen MR) is 81.0 cm³/mol. The Hall–Kier alpha value is -3.02. The van der Waals surface area contributed by atoms with E-state index in [1.165, 1.54) is 18.3 Å². The van der Waals surface area contributed by atoms with Gasteiger partial charge in [0, 0.05) is 23.3 Å². The Labute approximate surface area is 121 Å². The second kappa shape index (κ2) is 6.42. The van der Waals surface area contributed by atoms with Gasteiger partial charge in [0.25, 0.3) is 5.69 Å². The second-order valence-electron chi connectivity index (χ2n) is 4.30. The van der Waals surface area contributed by atoms with Crippen molar-refractivity contribution in [1.29, 1.82) is 0 Å². The van der Waals surface area contributed by atoms with Crippen molar-refractivity contribution < 1.29 is 10.0 Å². The van der Waals surface area contributed by atoms with E-state index in [0.717, 1.165) is 0 Å². The minimum absolute atomic E-state index is 0.00623. The van der Waals surface area contributed by atoms with E-state index in [2.05, 4.69) is 10.2 Å². The quantitative estimate of drug-likeness (QED) is 0.531. The highest BCUT2D eigenvalue weighted by Crippen LogP contribution is 2.15. The number of para-hydroxylation sites is 1. The standard InChI is InChI=1S/C15H13N3O3/c1-11(12-6-4-7-14(9-12)18(20)21)17-16-10-13-5-2-3-8-15(13)19/h2-10,19H,1H3/b16-10+,17-11?. The monoisotopic (exact) mass is 283 g/mol. The zero-order valence-corrected chi connectivity index (χ0v) is 11.3. The van der Waals surface area contributed by atoms with Crippen LogP contribution in [0.5, 0.6) is 5.75 Å². The Kier molecular flexibility index (Phi) is 4.40. The van der Waals surface area contributed by atoms with Crippen LogP contribution in [0.4, 0.5) is 5.69 Å². The van der Waals surface area contributed by atoms with Crippen LogP contribution >= 0.6 is 0 Å². The number of phenols is 1. The zero-order chi connectivity index (χ0) is 15.2. The third kappa shape index (κ3) is 3.73. The van der Waals surface area contributed by atoms with Crippen LogP contribution in [-0.2, 0) is 0 Å². The van der Waals surface area contributed by atoms with Gasteiger partial charge < -0.3 is 5.11 Å². The Morgan fingerprint density at radius 3 is 2.71 bits per heavy atom. The predicted octanol–water partition coefficient (Wildman–Crippen LogP) is 3.14. The fourth-order valence-corrected chi connectivity index (χ4v) is 1.68. The summed E-state index contributed by atoms with van der Waals surface area (Å²) in [7, 11) is 0. The van der Waals surface area contributed by atoms with Crippen LogP contribution in [0, 0.1) is 10.1 Å². The summed E-state index contributed by atoms with van der Waals surface area (Å²) in [5, 5.41) is 28.2. The van der Waals surface area contributed by atoms with Crippen molar-refractivity contribution in [3.05, 3.63) is 69.8 Å². The summed E-state index contributed by atoms with van der Waals surface area (Å²) in [5.41, 5.74) is 1.73. The summed E-state index contributed by atoms with van der Waals surface area (Å²) in [6.45, 7) is 1.71. The lowest BCUT2D eigenvalue weighted by Gasteiger charge is -1.99. The molecule has 2 rings (SSSR count). The largest absolute Gasteiger partial charge is 0.507 e. The topological polar surface area (TPSA) is 88.1 Å². The van der Waals surface area contributed by atoms with Gasteiger partial charge in [-0.15, -0.1) is 0 Å². The molecule has 0 atom stereocenters. The second-order valence-corrected chi connectivity index (χ2v) is 4.30. The lowest BCUT2D eigenvalue weighted by atomic mass is 10.1. The molecule has 106 valence electrons. The van der Waals surface area contributed by atoms with Gasteiger partial charge in [0.05, 0.1) is 16.8 Å². The van der Waals surface area contributed by atoms with Crippen LogP contribution in [0.25, 0.3) is 0 Å². The van der Waals surface area contributed by atoms with Gasteiger partial charge in [0.1, 0.15) is 5.75 Å². The van der Waals surface area contributed by atoms with Gasteiger partial charge >= 0.3 is 0 Å². The smallest absolute Gasteiger partial charge is 0.270 e. The van der Waals surface area contributed by atoms with E-state index in [4.69, 9.17) is 0 Å². The molecule has 2 aromatic carbocycles. The lowest BCUT2D eigenvalue weighted by Crippen LogP contribution is -1.96. The number of rotatable bonds is 4. The summed E-state index contributed by atoms with van der Waals surface area (Å²) >= 11 is 0. The van der Waals surface area contributed by atoms with Crippen LogP contribution in [0.1, 0.15) is 18.1 Å². The molecule has 0 aromatic heterocycles. The fraction of sp³-hybridized carbons (Fsp3) is 0.0667. The van der Waals surface area contributed by atoms with Gasteiger partial charge in [-0.2, -0.15) is 10.2 Å². The fourth-order valence-electron chi connectivity index (χ4n) is 1.68. The number of benzene rings is 2. The molecule has 0 fully saturated rings. The molecule has 2 aromatic rings. The van der Waals surface area contributed by atoms with Crippen LogP contribution in [0.3, 0.4) is 0 Å². The summed E-state index contributed by atoms with van der Waals surface area (Å²) in [6, 6.07) is 12.9. The Balaban J connectivity index is 2.20. The SMILES string of the molecule is CC(=N/N=C/c1ccccc1O)c1cccc([N+](=O)[O-])c1. The van der Waals surface area contributed by atoms with Crippen LogP contribution < -0.4 is 0 Å². The summed E-state index contributed by atoms with van der Waals surface area (Å²) in [6.07, 6.45) is 1.43. The molecule has 6 nitrogen and oxygen atoms in total. The first kappa shape index (κ1) is 14.4. The summed E-state index contributed by atoms with van der Waals surface area (Å²) in [4.78, 5) is 10.3. The highest BCUT2D eigenvalue weighted by atomic mass is 16.6. The van der Waals surface area contributed by atoms with E-state index >= 15 is 0 Å². The highest BCUT2D eigenvalue weighted by Gasteiger charge is 2.07. The molecule has 0 amide bonds. The third-order valence-corrected chi connectivity index (χ3v) is 2.82. The number of non-ortho nitro benzene ring substituents is 1. The molecule has 0 heterocycles. The first-order chi connectivity index (χ1) is 10.1. The molecule has 0 bridgehead atoms. The van der Waals surface area contributed by atoms with E-state index in [-0.39, 0.29) is 11.4 Å². The Morgan fingerprint density at radius 2 is 2.00 bits per heavy atom. The average molecular weight is 283 g/mol. The van der Waals surface area contributed by atoms with Crippen LogP contribution in [-0.4, -0.2) is 22.0 Å². The zero-order valence-electron chi connectivity index (χ0n) is 11.3. The van der Waals surface area contributed by atoms with E-state index < -0.39 is 4.92 Å². The van der Waals surface area contributed by atoms with Gasteiger partial charge in [-0.3, -0.25) is 10.1 Å². The first-order valence-electron chi connectivity index (χ1n) is 6.18. The van der Waals surface area contributed by atoms with E-state index in [9.17, 15) is 15.2 Å². The molecule has 1 N–H and O–H groups in total. The van der Waals surface area contributed by atoms with Crippen LogP contribution in [0.2, 0.25) is 0 Å². The van der Waals surface area contributed by atoms with E-state index in [0.29, 0.717) is 16.8 Å². The molecule has 0 aliphatic carbocycles. The van der Waals surface area contributed by atoms with Gasteiger partial charge in [-0.05, 0) is 19.1 Å². The van der Waals surface area contributed by atoms with Crippen molar-refractivity contribution in [2.75, 3.05) is 0 Å². The molecule has 21 heavy (non-hydrogen) atoms. The van der Waals surface area contributed by atoms with Gasteiger partial charge in [0.2, 0.25) is 0 Å². The molecular weight excluding hydrogens is 270 g/mol. The number of nitrogens with zero attached hydrogens (tertiary/aromatic N) is 3. The maximum atomic E-state index is 10.7. The lowest BCUT2D eigenvalue weighted by molar-refractivity contribution is -0.384. The molecule has 0 spiro atoms. The van der Waals surface area contributed by atoms with Gasteiger partial charge in [-0.25, -0.2) is 0 Å². The normalized spacial score (nSPS) is 11.8. The number of nitro benzene ring substituents is 1. The number of hydrogen-bond acceptors (Lipinski definition) is 5. The first-order valence-corrected chi connectivity index (χ1v) is 6.18. The number of hydrogen-bond donors (Lipinski definition) is 1. The maximum Gasteiger partial charge on any atom is 0.270 e. The van der Waals surface area contributed by atoms with Crippen molar-refractivity contribution in [1.82, 2.24) is 0 Å². The minimum Gasteiger partial charge on any atom is -0.507 e. The molecule has 6 heteroatoms. The van der Waals surface area contributed by atoms with Crippen molar-refractivity contribution in [2.45, 2.75) is 6.92 Å². The molecule has 0 saturated heterocycles. The number of phenolic OH excluding ortho intramolecular Hbond substituents is 1. The van der Waals surface area contributed by atoms with Crippen molar-refractivity contribution >= 4 is 17.6 Å². The molecule has 0 saturated carbocycles. The highest BCUT2D eigenvalue weighted by molar-refractivity contribution is 5.99. The minimum atomic E-state index is -0.456. The average Bonchev–Trinajstić information content (AvgIpc) is 2.49. The molecule has 0 aliphatic rings. The summed E-state index contributed by atoms with van der Waals surface area (Å²) < 4.78 is 0. The Bertz CT molecular complexity index is 724. The van der Waals surface area contributed by atoms with Crippen molar-refractivity contribution in [3.8, 4) is 5.75 Å². The maximum absolute atomic E-state index is 10.7. The molecule has 0 unspecified atom stereocenters. The Morgan fingerprint density at radius 1 is 1.24 bits per heavy atom. The van der Waals surface area contributed by atoms with Crippen molar-refractivity contribution in [3.63, 3.8) is 0 Å². The summed E-state index contributed by atoms with van der Waals surface area (Å²) in [5.74, 6) is 0.115. The molecule has 0 radical (unpaired) electrons. The van der Waals surface area contributed by atoms with Crippen LogP contribution in [0.15, 0.2) is 58.7 Å². The van der Waals surface area contributed by atoms with E-state index in [1.807, 2.05) is 0 Å². The number of nitro groups is 1. The third-order valence-electron chi connectivity index (χ3n) is 2.82. The van der Waals surface area contributed by atoms with E-state index in [1.54, 1.807) is 43.3 Å². The van der Waals surface area contributed by atoms with Gasteiger partial charge in [-0.1, -0.05) is 24.3 Å². The molecule has 0 aliphatic heterocycles.